The molecule has 0 saturated carbocycles. The van der Waals surface area contributed by atoms with Gasteiger partial charge in [0.1, 0.15) is 0 Å². The number of nitrogens with one attached hydrogen (secondary N) is 2. The van der Waals surface area contributed by atoms with Crippen LogP contribution in [0, 0.1) is 0 Å². The van der Waals surface area contributed by atoms with Crippen molar-refractivity contribution in [3.05, 3.63) is 35.9 Å². The largest absolute Gasteiger partial charge is 0.481 e. The van der Waals surface area contributed by atoms with Crippen LogP contribution in [-0.4, -0.2) is 36.1 Å². The van der Waals surface area contributed by atoms with E-state index in [1.807, 2.05) is 30.3 Å². The van der Waals surface area contributed by atoms with E-state index in [1.54, 1.807) is 0 Å². The van der Waals surface area contributed by atoms with Gasteiger partial charge in [0, 0.05) is 25.6 Å². The molecule has 102 valence electrons. The van der Waals surface area contributed by atoms with Gasteiger partial charge in [-0.05, 0) is 12.0 Å². The molecule has 2 atom stereocenters. The van der Waals surface area contributed by atoms with E-state index in [0.717, 1.165) is 12.0 Å². The van der Waals surface area contributed by atoms with E-state index >= 15 is 0 Å². The normalized spacial score (nSPS) is 20.6. The zero-order valence-corrected chi connectivity index (χ0v) is 10.6. The summed E-state index contributed by atoms with van der Waals surface area (Å²) >= 11 is 0. The molecule has 0 radical (unpaired) electrons. The van der Waals surface area contributed by atoms with Crippen LogP contribution in [0.5, 0.6) is 0 Å². The Morgan fingerprint density at radius 1 is 1.42 bits per heavy atom. The fourth-order valence-corrected chi connectivity index (χ4v) is 2.22. The third-order valence-corrected chi connectivity index (χ3v) is 3.38. The first kappa shape index (κ1) is 13.5. The van der Waals surface area contributed by atoms with Crippen LogP contribution in [0.4, 0.5) is 0 Å². The van der Waals surface area contributed by atoms with Crippen molar-refractivity contribution in [2.75, 3.05) is 13.1 Å². The number of carbonyl (C=O) groups excluding carboxylic acids is 1. The highest BCUT2D eigenvalue weighted by Crippen LogP contribution is 2.15. The molecule has 1 saturated heterocycles. The molecule has 1 amide bonds. The molecule has 1 aliphatic rings. The van der Waals surface area contributed by atoms with Crippen molar-refractivity contribution in [1.29, 1.82) is 0 Å². The predicted octanol–water partition coefficient (Wildman–Crippen LogP) is 0.723. The van der Waals surface area contributed by atoms with Crippen LogP contribution in [0.2, 0.25) is 0 Å². The molecule has 0 bridgehead atoms. The van der Waals surface area contributed by atoms with Crippen LogP contribution in [-0.2, 0) is 9.59 Å². The van der Waals surface area contributed by atoms with E-state index in [1.165, 1.54) is 0 Å². The topological polar surface area (TPSA) is 78.4 Å². The second-order valence-corrected chi connectivity index (χ2v) is 4.75. The Labute approximate surface area is 112 Å². The summed E-state index contributed by atoms with van der Waals surface area (Å²) in [5.74, 6) is -1.33. The van der Waals surface area contributed by atoms with Crippen LogP contribution in [0.3, 0.4) is 0 Å². The summed E-state index contributed by atoms with van der Waals surface area (Å²) in [6.07, 6.45) is 1.26. The number of piperidine rings is 1. The lowest BCUT2D eigenvalue weighted by atomic mass is 9.98. The molecule has 2 unspecified atom stereocenters. The monoisotopic (exact) mass is 262 g/mol. The molecule has 1 heterocycles. The maximum atomic E-state index is 11.3. The van der Waals surface area contributed by atoms with Gasteiger partial charge in [0.2, 0.25) is 5.91 Å². The number of benzene rings is 1. The average Bonchev–Trinajstić information content (AvgIpc) is 2.42. The highest BCUT2D eigenvalue weighted by molar-refractivity contribution is 5.77. The lowest BCUT2D eigenvalue weighted by Crippen LogP contribution is -2.47. The summed E-state index contributed by atoms with van der Waals surface area (Å²) in [6.45, 7) is 0.944. The number of carbonyl (C=O) groups is 2. The van der Waals surface area contributed by atoms with E-state index < -0.39 is 11.9 Å². The van der Waals surface area contributed by atoms with E-state index in [0.29, 0.717) is 19.5 Å². The lowest BCUT2D eigenvalue weighted by Gasteiger charge is -2.25. The van der Waals surface area contributed by atoms with Gasteiger partial charge in [-0.25, -0.2) is 0 Å². The maximum Gasteiger partial charge on any atom is 0.312 e. The first-order valence-electron chi connectivity index (χ1n) is 6.44. The number of carboxylic acid groups (broad SMARTS) is 1. The summed E-state index contributed by atoms with van der Waals surface area (Å²) in [5.41, 5.74) is 0.794. The molecule has 0 aliphatic carbocycles. The van der Waals surface area contributed by atoms with Crippen molar-refractivity contribution in [3.8, 4) is 0 Å². The number of amides is 1. The van der Waals surface area contributed by atoms with Gasteiger partial charge in [-0.15, -0.1) is 0 Å². The van der Waals surface area contributed by atoms with Gasteiger partial charge in [-0.2, -0.15) is 0 Å². The third-order valence-electron chi connectivity index (χ3n) is 3.38. The Kier molecular flexibility index (Phi) is 4.52. The van der Waals surface area contributed by atoms with E-state index in [2.05, 4.69) is 10.6 Å². The second kappa shape index (κ2) is 6.33. The SMILES string of the molecule is O=C1CCC(NCC(C(=O)O)c2ccccc2)CN1. The summed E-state index contributed by atoms with van der Waals surface area (Å²) in [4.78, 5) is 22.4. The van der Waals surface area contributed by atoms with Crippen LogP contribution in [0.25, 0.3) is 0 Å². The molecule has 1 aliphatic heterocycles. The molecular formula is C14H18N2O3. The van der Waals surface area contributed by atoms with E-state index in [9.17, 15) is 14.7 Å². The minimum absolute atomic E-state index is 0.0656. The fraction of sp³-hybridized carbons (Fsp3) is 0.429. The average molecular weight is 262 g/mol. The highest BCUT2D eigenvalue weighted by atomic mass is 16.4. The molecule has 1 aromatic rings. The van der Waals surface area contributed by atoms with Crippen LogP contribution < -0.4 is 10.6 Å². The smallest absolute Gasteiger partial charge is 0.312 e. The summed E-state index contributed by atoms with van der Waals surface area (Å²) in [5, 5.41) is 15.3. The Hall–Kier alpha value is -1.88. The van der Waals surface area contributed by atoms with Crippen LogP contribution in [0.15, 0.2) is 30.3 Å². The Morgan fingerprint density at radius 3 is 2.74 bits per heavy atom. The van der Waals surface area contributed by atoms with Crippen LogP contribution >= 0.6 is 0 Å². The number of hydrogen-bond acceptors (Lipinski definition) is 3. The van der Waals surface area contributed by atoms with Gasteiger partial charge >= 0.3 is 5.97 Å². The van der Waals surface area contributed by atoms with Crippen molar-refractivity contribution in [2.24, 2.45) is 0 Å². The summed E-state index contributed by atoms with van der Waals surface area (Å²) in [7, 11) is 0. The van der Waals surface area contributed by atoms with Crippen molar-refractivity contribution >= 4 is 11.9 Å². The quantitative estimate of drug-likeness (QED) is 0.730. The van der Waals surface area contributed by atoms with Gasteiger partial charge in [0.15, 0.2) is 0 Å². The zero-order valence-electron chi connectivity index (χ0n) is 10.6. The molecule has 19 heavy (non-hydrogen) atoms. The second-order valence-electron chi connectivity index (χ2n) is 4.75. The number of carboxylic acids is 1. The molecule has 5 nitrogen and oxygen atoms in total. The molecule has 5 heteroatoms. The van der Waals surface area contributed by atoms with Gasteiger partial charge in [-0.3, -0.25) is 9.59 Å². The molecule has 0 aromatic heterocycles. The Balaban J connectivity index is 1.91. The number of hydrogen-bond donors (Lipinski definition) is 3. The highest BCUT2D eigenvalue weighted by Gasteiger charge is 2.23. The minimum Gasteiger partial charge on any atom is -0.481 e. The summed E-state index contributed by atoms with van der Waals surface area (Å²) < 4.78 is 0. The van der Waals surface area contributed by atoms with Crippen LogP contribution in [0.1, 0.15) is 24.3 Å². The molecule has 0 spiro atoms. The van der Waals surface area contributed by atoms with Gasteiger partial charge in [0.25, 0.3) is 0 Å². The predicted molar refractivity (Wildman–Crippen MR) is 70.9 cm³/mol. The summed E-state index contributed by atoms with van der Waals surface area (Å²) in [6, 6.07) is 9.35. The van der Waals surface area contributed by atoms with Crippen molar-refractivity contribution in [2.45, 2.75) is 24.8 Å². The standard InChI is InChI=1S/C14H18N2O3/c17-13-7-6-11(8-16-13)15-9-12(14(18)19)10-4-2-1-3-5-10/h1-5,11-12,15H,6-9H2,(H,16,17)(H,18,19). The van der Waals surface area contributed by atoms with Gasteiger partial charge in [-0.1, -0.05) is 30.3 Å². The molecule has 3 N–H and O–H groups in total. The minimum atomic E-state index is -0.835. The number of rotatable bonds is 5. The zero-order chi connectivity index (χ0) is 13.7. The van der Waals surface area contributed by atoms with Crippen molar-refractivity contribution < 1.29 is 14.7 Å². The molecule has 1 aromatic carbocycles. The molecular weight excluding hydrogens is 244 g/mol. The van der Waals surface area contributed by atoms with E-state index in [-0.39, 0.29) is 11.9 Å². The van der Waals surface area contributed by atoms with E-state index in [4.69, 9.17) is 0 Å². The molecule has 2 rings (SSSR count). The van der Waals surface area contributed by atoms with Crippen molar-refractivity contribution in [1.82, 2.24) is 10.6 Å². The first-order valence-corrected chi connectivity index (χ1v) is 6.44. The van der Waals surface area contributed by atoms with Crippen molar-refractivity contribution in [3.63, 3.8) is 0 Å². The van der Waals surface area contributed by atoms with Gasteiger partial charge < -0.3 is 15.7 Å². The third kappa shape index (κ3) is 3.79. The maximum absolute atomic E-state index is 11.3. The first-order chi connectivity index (χ1) is 9.16. The van der Waals surface area contributed by atoms with Gasteiger partial charge in [0.05, 0.1) is 5.92 Å². The Bertz CT molecular complexity index is 437. The Morgan fingerprint density at radius 2 is 2.16 bits per heavy atom. The molecule has 1 fully saturated rings. The number of aliphatic carboxylic acids is 1. The lowest BCUT2D eigenvalue weighted by molar-refractivity contribution is -0.138. The fourth-order valence-electron chi connectivity index (χ4n) is 2.22.